The third kappa shape index (κ3) is 9.24. The van der Waals surface area contributed by atoms with Crippen LogP contribution in [-0.4, -0.2) is 67.2 Å². The monoisotopic (exact) mass is 460 g/mol. The summed E-state index contributed by atoms with van der Waals surface area (Å²) in [5.74, 6) is 1.95. The van der Waals surface area contributed by atoms with Crippen molar-refractivity contribution in [3.05, 3.63) is 57.6 Å². The number of likely N-dealkylation sites (N-methyl/N-ethyl adjacent to an activating group) is 2. The van der Waals surface area contributed by atoms with Gasteiger partial charge in [0.1, 0.15) is 0 Å². The van der Waals surface area contributed by atoms with Gasteiger partial charge in [-0.2, -0.15) is 0 Å². The Morgan fingerprint density at radius 3 is 1.10 bits per heavy atom. The molecule has 160 valence electrons. The van der Waals surface area contributed by atoms with Crippen molar-refractivity contribution >= 4 is 16.1 Å². The van der Waals surface area contributed by atoms with Gasteiger partial charge in [0.15, 0.2) is 0 Å². The number of nitrogens with zero attached hydrogens (tertiary/aromatic N) is 2. The van der Waals surface area contributed by atoms with E-state index in [1.165, 1.54) is 33.4 Å². The summed E-state index contributed by atoms with van der Waals surface area (Å²) in [7, 11) is 8.35. The van der Waals surface area contributed by atoms with Crippen LogP contribution in [0.15, 0.2) is 24.3 Å². The minimum absolute atomic E-state index is 0.963. The first-order chi connectivity index (χ1) is 13.5. The molecule has 0 aliphatic heterocycles. The van der Waals surface area contributed by atoms with Gasteiger partial charge in [0, 0.05) is 13.1 Å². The van der Waals surface area contributed by atoms with Crippen LogP contribution in [-0.2, 0) is 0 Å². The Balaban J connectivity index is 0.000000447. The van der Waals surface area contributed by atoms with Gasteiger partial charge in [-0.25, -0.2) is 0 Å². The molecule has 29 heavy (non-hydrogen) atoms. The van der Waals surface area contributed by atoms with Gasteiger partial charge >= 0.3 is 134 Å². The molecule has 0 amide bonds. The molecule has 0 atom stereocenters. The molecule has 2 rings (SSSR count). The van der Waals surface area contributed by atoms with Gasteiger partial charge in [-0.1, -0.05) is 0 Å². The average Bonchev–Trinajstić information content (AvgIpc) is 2.57. The topological polar surface area (TPSA) is 24.9 Å². The van der Waals surface area contributed by atoms with E-state index in [0.29, 0.717) is 0 Å². The fraction of sp³-hybridized carbons (Fsp3) is 0.500. The molecule has 0 saturated heterocycles. The third-order valence-electron chi connectivity index (χ3n) is 4.49. The van der Waals surface area contributed by atoms with Gasteiger partial charge in [0.25, 0.3) is 0 Å². The van der Waals surface area contributed by atoms with E-state index in [1.807, 2.05) is 0 Å². The van der Waals surface area contributed by atoms with Crippen molar-refractivity contribution in [2.45, 2.75) is 41.5 Å². The quantitative estimate of drug-likeness (QED) is 0.564. The Labute approximate surface area is 185 Å². The molecule has 2 aromatic rings. The predicted molar refractivity (Wildman–Crippen MR) is 125 cm³/mol. The molecule has 4 nitrogen and oxygen atoms in total. The first-order valence-corrected chi connectivity index (χ1v) is 11.8. The molecule has 5 heteroatoms. The second-order valence-corrected chi connectivity index (χ2v) is 9.56. The van der Waals surface area contributed by atoms with Crippen LogP contribution in [0.3, 0.4) is 0 Å². The van der Waals surface area contributed by atoms with E-state index in [1.54, 1.807) is 0 Å². The van der Waals surface area contributed by atoms with E-state index >= 15 is 0 Å². The summed E-state index contributed by atoms with van der Waals surface area (Å²) in [6.07, 6.45) is 0. The van der Waals surface area contributed by atoms with Crippen molar-refractivity contribution in [2.24, 2.45) is 0 Å². The van der Waals surface area contributed by atoms with Crippen molar-refractivity contribution in [3.8, 4) is 11.5 Å². The van der Waals surface area contributed by atoms with E-state index < -0.39 is 16.1 Å². The normalized spacial score (nSPS) is 10.8. The zero-order valence-electron chi connectivity index (χ0n) is 19.9. The third-order valence-corrected chi connectivity index (χ3v) is 5.70. The van der Waals surface area contributed by atoms with Gasteiger partial charge in [-0.05, 0) is 28.2 Å². The van der Waals surface area contributed by atoms with Crippen LogP contribution in [0, 0.1) is 41.5 Å². The van der Waals surface area contributed by atoms with Gasteiger partial charge < -0.3 is 9.80 Å². The van der Waals surface area contributed by atoms with Crippen LogP contribution >= 0.6 is 0 Å². The van der Waals surface area contributed by atoms with Crippen LogP contribution in [0.1, 0.15) is 33.4 Å². The Kier molecular flexibility index (Phi) is 10.8. The second kappa shape index (κ2) is 12.3. The van der Waals surface area contributed by atoms with Crippen molar-refractivity contribution in [1.29, 1.82) is 0 Å². The SMILES string of the molecule is CN(C)CCN(C)C.Cc1cc(C)c([O][Ge][O]c2c(C)cc(C)cc2C)c(C)c1. The summed E-state index contributed by atoms with van der Waals surface area (Å²) in [5.41, 5.74) is 7.25. The van der Waals surface area contributed by atoms with Crippen molar-refractivity contribution in [1.82, 2.24) is 9.80 Å². The van der Waals surface area contributed by atoms with Crippen LogP contribution in [0.2, 0.25) is 0 Å². The summed E-state index contributed by atoms with van der Waals surface area (Å²) in [5, 5.41) is 0. The molecular formula is C24H38GeN2O2. The standard InChI is InChI=1S/C18H22GeO2.C6H16N2/c1-11-7-13(3)17(14(4)8-11)20-19-21-18-15(5)9-12(2)10-16(18)6;1-7(2)5-6-8(3)4/h7-10H,1-6H3;5-6H2,1-4H3. The molecule has 0 N–H and O–H groups in total. The second-order valence-electron chi connectivity index (χ2n) is 8.35. The fourth-order valence-electron chi connectivity index (χ4n) is 3.16. The fourth-order valence-corrected chi connectivity index (χ4v) is 4.95. The Morgan fingerprint density at radius 1 is 0.586 bits per heavy atom. The molecule has 0 fully saturated rings. The molecule has 0 saturated carbocycles. The van der Waals surface area contributed by atoms with E-state index in [-0.39, 0.29) is 0 Å². The van der Waals surface area contributed by atoms with Crippen molar-refractivity contribution < 1.29 is 7.53 Å². The van der Waals surface area contributed by atoms with Gasteiger partial charge in [0.05, 0.1) is 0 Å². The molecule has 0 heterocycles. The van der Waals surface area contributed by atoms with Crippen LogP contribution < -0.4 is 7.53 Å². The molecule has 0 aromatic heterocycles. The first kappa shape index (κ1) is 25.5. The Bertz CT molecular complexity index is 677. The van der Waals surface area contributed by atoms with Gasteiger partial charge in [-0.3, -0.25) is 0 Å². The average molecular weight is 459 g/mol. The van der Waals surface area contributed by atoms with Crippen molar-refractivity contribution in [2.75, 3.05) is 41.3 Å². The number of hydrogen-bond donors (Lipinski definition) is 0. The molecular weight excluding hydrogens is 421 g/mol. The van der Waals surface area contributed by atoms with E-state index in [2.05, 4.69) is 104 Å². The summed E-state index contributed by atoms with van der Waals surface area (Å²) in [4.78, 5) is 4.36. The molecule has 0 unspecified atom stereocenters. The zero-order chi connectivity index (χ0) is 22.1. The summed E-state index contributed by atoms with van der Waals surface area (Å²) >= 11 is -0.963. The van der Waals surface area contributed by atoms with Crippen LogP contribution in [0.5, 0.6) is 11.5 Å². The molecule has 0 bridgehead atoms. The molecule has 2 aromatic carbocycles. The summed E-state index contributed by atoms with van der Waals surface area (Å²) < 4.78 is 11.9. The molecule has 0 aliphatic rings. The Hall–Kier alpha value is -1.50. The van der Waals surface area contributed by atoms with Gasteiger partial charge in [-0.15, -0.1) is 0 Å². The molecule has 0 spiro atoms. The van der Waals surface area contributed by atoms with E-state index in [0.717, 1.165) is 24.6 Å². The zero-order valence-corrected chi connectivity index (χ0v) is 22.0. The summed E-state index contributed by atoms with van der Waals surface area (Å²) in [6, 6.07) is 8.60. The number of aryl methyl sites for hydroxylation is 6. The Morgan fingerprint density at radius 2 is 0.862 bits per heavy atom. The molecule has 2 radical (unpaired) electrons. The summed E-state index contributed by atoms with van der Waals surface area (Å²) in [6.45, 7) is 14.9. The number of hydrogen-bond acceptors (Lipinski definition) is 4. The molecule has 0 aliphatic carbocycles. The van der Waals surface area contributed by atoms with Crippen LogP contribution in [0.4, 0.5) is 0 Å². The van der Waals surface area contributed by atoms with Crippen molar-refractivity contribution in [3.63, 3.8) is 0 Å². The van der Waals surface area contributed by atoms with E-state index in [9.17, 15) is 0 Å². The maximum absolute atomic E-state index is 5.97. The van der Waals surface area contributed by atoms with Gasteiger partial charge in [0.2, 0.25) is 0 Å². The number of benzene rings is 2. The minimum atomic E-state index is -0.963. The van der Waals surface area contributed by atoms with E-state index in [4.69, 9.17) is 7.53 Å². The van der Waals surface area contributed by atoms with Crippen LogP contribution in [0.25, 0.3) is 0 Å². The number of rotatable bonds is 7. The maximum atomic E-state index is 5.97. The predicted octanol–water partition coefficient (Wildman–Crippen LogP) is 4.64. The first-order valence-electron chi connectivity index (χ1n) is 10.0.